The number of aromatic nitrogens is 2. The Kier molecular flexibility index (Phi) is 1.86. The lowest BCUT2D eigenvalue weighted by molar-refractivity contribution is 1.30. The van der Waals surface area contributed by atoms with Crippen LogP contribution in [-0.4, -0.2) is 9.97 Å². The molecule has 0 aliphatic heterocycles. The van der Waals surface area contributed by atoms with Crippen LogP contribution in [0.3, 0.4) is 0 Å². The van der Waals surface area contributed by atoms with E-state index in [1.165, 1.54) is 10.9 Å². The Balaban J connectivity index is 2.27. The van der Waals surface area contributed by atoms with Crippen LogP contribution in [0.1, 0.15) is 5.01 Å². The van der Waals surface area contributed by atoms with Gasteiger partial charge >= 0.3 is 0 Å². The van der Waals surface area contributed by atoms with Crippen LogP contribution in [0.4, 0.5) is 0 Å². The van der Waals surface area contributed by atoms with Crippen molar-refractivity contribution in [2.24, 2.45) is 0 Å². The van der Waals surface area contributed by atoms with Gasteiger partial charge in [0.2, 0.25) is 0 Å². The molecule has 0 spiro atoms. The number of hydrogen-bond donors (Lipinski definition) is 1. The van der Waals surface area contributed by atoms with Crippen molar-refractivity contribution in [3.05, 3.63) is 40.8 Å². The van der Waals surface area contributed by atoms with Crippen LogP contribution in [0.25, 0.3) is 22.2 Å². The zero-order valence-electron chi connectivity index (χ0n) is 8.32. The number of para-hydroxylation sites is 1. The van der Waals surface area contributed by atoms with E-state index in [4.69, 9.17) is 0 Å². The van der Waals surface area contributed by atoms with Crippen LogP contribution in [0.5, 0.6) is 0 Å². The summed E-state index contributed by atoms with van der Waals surface area (Å²) in [5.74, 6) is 0. The highest BCUT2D eigenvalue weighted by Gasteiger charge is 2.07. The first-order valence-electron chi connectivity index (χ1n) is 4.83. The molecule has 1 N–H and O–H groups in total. The molecule has 2 nitrogen and oxygen atoms in total. The largest absolute Gasteiger partial charge is 0.360 e. The van der Waals surface area contributed by atoms with Crippen molar-refractivity contribution in [3.8, 4) is 11.3 Å². The summed E-state index contributed by atoms with van der Waals surface area (Å²) in [7, 11) is 0. The molecule has 3 rings (SSSR count). The minimum atomic E-state index is 1.06. The Bertz CT molecular complexity index is 607. The van der Waals surface area contributed by atoms with Crippen LogP contribution in [0.15, 0.2) is 35.8 Å². The number of aryl methyl sites for hydroxylation is 1. The Labute approximate surface area is 91.6 Å². The average Bonchev–Trinajstić information content (AvgIpc) is 2.83. The third-order valence-corrected chi connectivity index (χ3v) is 3.26. The number of benzene rings is 1. The first-order valence-corrected chi connectivity index (χ1v) is 5.71. The van der Waals surface area contributed by atoms with Gasteiger partial charge in [-0.25, -0.2) is 4.98 Å². The van der Waals surface area contributed by atoms with Gasteiger partial charge in [0.15, 0.2) is 0 Å². The van der Waals surface area contributed by atoms with Gasteiger partial charge in [-0.1, -0.05) is 18.2 Å². The molecule has 0 saturated carbocycles. The van der Waals surface area contributed by atoms with Gasteiger partial charge in [-0.3, -0.25) is 0 Å². The molecule has 74 valence electrons. The second-order valence-corrected chi connectivity index (χ2v) is 4.56. The van der Waals surface area contributed by atoms with E-state index >= 15 is 0 Å². The van der Waals surface area contributed by atoms with E-state index in [2.05, 4.69) is 33.5 Å². The van der Waals surface area contributed by atoms with Gasteiger partial charge in [0.1, 0.15) is 0 Å². The number of hydrogen-bond acceptors (Lipinski definition) is 2. The first-order chi connectivity index (χ1) is 7.34. The number of fused-ring (bicyclic) bond motifs is 1. The second kappa shape index (κ2) is 3.21. The lowest BCUT2D eigenvalue weighted by atomic mass is 10.1. The number of thiazole rings is 1. The topological polar surface area (TPSA) is 28.7 Å². The van der Waals surface area contributed by atoms with E-state index in [0.717, 1.165) is 16.2 Å². The van der Waals surface area contributed by atoms with E-state index in [9.17, 15) is 0 Å². The molecule has 0 atom stereocenters. The Hall–Kier alpha value is -1.61. The normalized spacial score (nSPS) is 11.0. The summed E-state index contributed by atoms with van der Waals surface area (Å²) in [6, 6.07) is 8.29. The zero-order valence-corrected chi connectivity index (χ0v) is 9.14. The maximum absolute atomic E-state index is 4.50. The Morgan fingerprint density at radius 1 is 1.27 bits per heavy atom. The molecule has 15 heavy (non-hydrogen) atoms. The molecule has 0 saturated heterocycles. The summed E-state index contributed by atoms with van der Waals surface area (Å²) in [6.07, 6.45) is 2.03. The van der Waals surface area contributed by atoms with Crippen molar-refractivity contribution in [2.45, 2.75) is 6.92 Å². The quantitative estimate of drug-likeness (QED) is 0.658. The molecular formula is C12H10N2S. The molecule has 0 bridgehead atoms. The van der Waals surface area contributed by atoms with Gasteiger partial charge in [0.05, 0.1) is 10.7 Å². The summed E-state index contributed by atoms with van der Waals surface area (Å²) in [4.78, 5) is 7.76. The van der Waals surface area contributed by atoms with Gasteiger partial charge in [-0.2, -0.15) is 0 Å². The standard InChI is InChI=1S/C12H10N2S/c1-8-14-12(7-15-8)10-6-13-11-5-3-2-4-9(10)11/h2-7,13H,1H3. The van der Waals surface area contributed by atoms with Crippen LogP contribution in [0.2, 0.25) is 0 Å². The fourth-order valence-corrected chi connectivity index (χ4v) is 2.38. The third-order valence-electron chi connectivity index (χ3n) is 2.48. The van der Waals surface area contributed by atoms with Gasteiger partial charge < -0.3 is 4.98 Å². The molecule has 0 aliphatic carbocycles. The predicted molar refractivity (Wildman–Crippen MR) is 64.1 cm³/mol. The minimum absolute atomic E-state index is 1.06. The summed E-state index contributed by atoms with van der Waals surface area (Å²) in [5.41, 5.74) is 3.42. The van der Waals surface area contributed by atoms with E-state index in [0.29, 0.717) is 0 Å². The molecule has 0 unspecified atom stereocenters. The van der Waals surface area contributed by atoms with Crippen molar-refractivity contribution in [3.63, 3.8) is 0 Å². The van der Waals surface area contributed by atoms with E-state index in [-0.39, 0.29) is 0 Å². The highest BCUT2D eigenvalue weighted by molar-refractivity contribution is 7.09. The van der Waals surface area contributed by atoms with Gasteiger partial charge in [0, 0.05) is 28.0 Å². The average molecular weight is 214 g/mol. The van der Waals surface area contributed by atoms with E-state index < -0.39 is 0 Å². The van der Waals surface area contributed by atoms with Crippen molar-refractivity contribution >= 4 is 22.2 Å². The van der Waals surface area contributed by atoms with E-state index in [1.54, 1.807) is 11.3 Å². The summed E-state index contributed by atoms with van der Waals surface area (Å²) >= 11 is 1.69. The zero-order chi connectivity index (χ0) is 10.3. The van der Waals surface area contributed by atoms with Crippen molar-refractivity contribution < 1.29 is 0 Å². The van der Waals surface area contributed by atoms with Crippen molar-refractivity contribution in [1.29, 1.82) is 0 Å². The van der Waals surface area contributed by atoms with Crippen LogP contribution >= 0.6 is 11.3 Å². The number of nitrogens with one attached hydrogen (secondary N) is 1. The van der Waals surface area contributed by atoms with Crippen LogP contribution in [-0.2, 0) is 0 Å². The summed E-state index contributed by atoms with van der Waals surface area (Å²) in [5, 5.41) is 4.45. The van der Waals surface area contributed by atoms with Crippen LogP contribution in [0, 0.1) is 6.92 Å². The van der Waals surface area contributed by atoms with E-state index in [1.807, 2.05) is 19.2 Å². The molecular weight excluding hydrogens is 204 g/mol. The van der Waals surface area contributed by atoms with Crippen molar-refractivity contribution in [2.75, 3.05) is 0 Å². The smallest absolute Gasteiger partial charge is 0.0901 e. The van der Waals surface area contributed by atoms with Gasteiger partial charge in [0.25, 0.3) is 0 Å². The molecule has 0 radical (unpaired) electrons. The fourth-order valence-electron chi connectivity index (χ4n) is 1.77. The maximum atomic E-state index is 4.50. The molecule has 0 amide bonds. The summed E-state index contributed by atoms with van der Waals surface area (Å²) < 4.78 is 0. The lowest BCUT2D eigenvalue weighted by Gasteiger charge is -1.92. The molecule has 1 aromatic carbocycles. The summed E-state index contributed by atoms with van der Waals surface area (Å²) in [6.45, 7) is 2.03. The highest BCUT2D eigenvalue weighted by atomic mass is 32.1. The monoisotopic (exact) mass is 214 g/mol. The molecule has 2 heterocycles. The van der Waals surface area contributed by atoms with Gasteiger partial charge in [-0.05, 0) is 13.0 Å². The molecule has 0 fully saturated rings. The molecule has 0 aliphatic rings. The highest BCUT2D eigenvalue weighted by Crippen LogP contribution is 2.28. The van der Waals surface area contributed by atoms with Crippen molar-refractivity contribution in [1.82, 2.24) is 9.97 Å². The molecule has 2 aromatic heterocycles. The third kappa shape index (κ3) is 1.36. The maximum Gasteiger partial charge on any atom is 0.0901 e. The number of aromatic amines is 1. The van der Waals surface area contributed by atoms with Gasteiger partial charge in [-0.15, -0.1) is 11.3 Å². The first kappa shape index (κ1) is 8.68. The Morgan fingerprint density at radius 3 is 2.93 bits per heavy atom. The minimum Gasteiger partial charge on any atom is -0.360 e. The molecule has 3 heteroatoms. The second-order valence-electron chi connectivity index (χ2n) is 3.50. The Morgan fingerprint density at radius 2 is 2.13 bits per heavy atom. The SMILES string of the molecule is Cc1nc(-c2c[nH]c3ccccc23)cs1. The number of nitrogens with zero attached hydrogens (tertiary/aromatic N) is 1. The number of H-pyrrole nitrogens is 1. The molecule has 3 aromatic rings. The van der Waals surface area contributed by atoms with Crippen LogP contribution < -0.4 is 0 Å². The fraction of sp³-hybridized carbons (Fsp3) is 0.0833. The predicted octanol–water partition coefficient (Wildman–Crippen LogP) is 3.60. The lowest BCUT2D eigenvalue weighted by Crippen LogP contribution is -1.75. The number of rotatable bonds is 1.